The number of hydrogen-bond donors (Lipinski definition) is 3. The average molecular weight is 269 g/mol. The lowest BCUT2D eigenvalue weighted by atomic mass is 10.1. The summed E-state index contributed by atoms with van der Waals surface area (Å²) in [6, 6.07) is 0. The molecule has 1 aromatic heterocycles. The van der Waals surface area contributed by atoms with Crippen molar-refractivity contribution < 1.29 is 19.4 Å². The molecule has 0 fully saturated rings. The van der Waals surface area contributed by atoms with Crippen LogP contribution in [0.4, 0.5) is 0 Å². The maximum absolute atomic E-state index is 11.8. The predicted molar refractivity (Wildman–Crippen MR) is 64.7 cm³/mol. The van der Waals surface area contributed by atoms with E-state index in [1.807, 2.05) is 0 Å². The topological polar surface area (TPSA) is 121 Å². The number of aromatic nitrogens is 2. The molecular weight excluding hydrogens is 254 g/mol. The third-order valence-corrected chi connectivity index (χ3v) is 2.63. The van der Waals surface area contributed by atoms with Gasteiger partial charge in [0.1, 0.15) is 5.56 Å². The standard InChI is InChI=1S/C11H15N3O5/c1-5-6(2)13-14-10(17)8(5)9(16)12-4-7(15)11(18)19-3/h7,15H,4H2,1-3H3,(H,12,16)(H,14,17). The van der Waals surface area contributed by atoms with Crippen LogP contribution >= 0.6 is 0 Å². The first-order chi connectivity index (χ1) is 8.88. The van der Waals surface area contributed by atoms with Crippen LogP contribution in [0.3, 0.4) is 0 Å². The predicted octanol–water partition coefficient (Wildman–Crippen LogP) is -1.35. The summed E-state index contributed by atoms with van der Waals surface area (Å²) < 4.78 is 4.30. The maximum atomic E-state index is 11.8. The van der Waals surface area contributed by atoms with Gasteiger partial charge >= 0.3 is 5.97 Å². The molecule has 0 saturated heterocycles. The lowest BCUT2D eigenvalue weighted by Crippen LogP contribution is -2.39. The molecule has 1 aromatic rings. The minimum absolute atomic E-state index is 0.0930. The fraction of sp³-hybridized carbons (Fsp3) is 0.455. The molecule has 1 unspecified atom stereocenters. The number of ether oxygens (including phenoxy) is 1. The van der Waals surface area contributed by atoms with Gasteiger partial charge in [-0.25, -0.2) is 9.89 Å². The largest absolute Gasteiger partial charge is 0.467 e. The molecular formula is C11H15N3O5. The first-order valence-corrected chi connectivity index (χ1v) is 5.48. The summed E-state index contributed by atoms with van der Waals surface area (Å²) in [7, 11) is 1.12. The third kappa shape index (κ3) is 3.38. The Kier molecular flexibility index (Phi) is 4.76. The average Bonchev–Trinajstić information content (AvgIpc) is 2.39. The molecule has 1 rings (SSSR count). The zero-order valence-corrected chi connectivity index (χ0v) is 10.8. The molecule has 1 heterocycles. The second-order valence-electron chi connectivity index (χ2n) is 3.89. The number of esters is 1. The number of aliphatic hydroxyl groups excluding tert-OH is 1. The van der Waals surface area contributed by atoms with Crippen LogP contribution in [0.25, 0.3) is 0 Å². The van der Waals surface area contributed by atoms with E-state index in [0.29, 0.717) is 11.3 Å². The molecule has 1 amide bonds. The van der Waals surface area contributed by atoms with E-state index >= 15 is 0 Å². The molecule has 0 bridgehead atoms. The highest BCUT2D eigenvalue weighted by molar-refractivity contribution is 5.95. The fourth-order valence-electron chi connectivity index (χ4n) is 1.40. The Morgan fingerprint density at radius 2 is 2.11 bits per heavy atom. The van der Waals surface area contributed by atoms with Gasteiger partial charge in [0, 0.05) is 0 Å². The first-order valence-electron chi connectivity index (χ1n) is 5.48. The molecule has 0 aliphatic heterocycles. The van der Waals surface area contributed by atoms with Crippen molar-refractivity contribution in [2.75, 3.05) is 13.7 Å². The number of rotatable bonds is 4. The van der Waals surface area contributed by atoms with Gasteiger partial charge in [-0.2, -0.15) is 5.10 Å². The molecule has 0 aromatic carbocycles. The van der Waals surface area contributed by atoms with Crippen molar-refractivity contribution in [2.45, 2.75) is 20.0 Å². The van der Waals surface area contributed by atoms with Crippen molar-refractivity contribution in [1.29, 1.82) is 0 Å². The van der Waals surface area contributed by atoms with Crippen molar-refractivity contribution in [3.63, 3.8) is 0 Å². The number of nitrogens with one attached hydrogen (secondary N) is 2. The molecule has 8 nitrogen and oxygen atoms in total. The van der Waals surface area contributed by atoms with Gasteiger partial charge in [0.05, 0.1) is 19.3 Å². The quantitative estimate of drug-likeness (QED) is 0.581. The maximum Gasteiger partial charge on any atom is 0.336 e. The van der Waals surface area contributed by atoms with E-state index in [1.54, 1.807) is 13.8 Å². The summed E-state index contributed by atoms with van der Waals surface area (Å²) >= 11 is 0. The van der Waals surface area contributed by atoms with Crippen molar-refractivity contribution >= 4 is 11.9 Å². The molecule has 104 valence electrons. The van der Waals surface area contributed by atoms with Crippen LogP contribution in [0.1, 0.15) is 21.6 Å². The highest BCUT2D eigenvalue weighted by Gasteiger charge is 2.20. The number of aryl methyl sites for hydroxylation is 1. The summed E-state index contributed by atoms with van der Waals surface area (Å²) in [5.41, 5.74) is 0.227. The highest BCUT2D eigenvalue weighted by Crippen LogP contribution is 2.04. The van der Waals surface area contributed by atoms with E-state index in [0.717, 1.165) is 7.11 Å². The van der Waals surface area contributed by atoms with Gasteiger partial charge in [0.25, 0.3) is 11.5 Å². The zero-order valence-electron chi connectivity index (χ0n) is 10.8. The van der Waals surface area contributed by atoms with E-state index in [-0.39, 0.29) is 12.1 Å². The summed E-state index contributed by atoms with van der Waals surface area (Å²) in [6.07, 6.45) is -1.48. The second kappa shape index (κ2) is 6.10. The van der Waals surface area contributed by atoms with Crippen molar-refractivity contribution in [3.8, 4) is 0 Å². The van der Waals surface area contributed by atoms with Gasteiger partial charge in [-0.05, 0) is 19.4 Å². The molecule has 0 aliphatic carbocycles. The number of aliphatic hydroxyl groups is 1. The lowest BCUT2D eigenvalue weighted by Gasteiger charge is -2.10. The molecule has 0 radical (unpaired) electrons. The number of H-pyrrole nitrogens is 1. The van der Waals surface area contributed by atoms with Gasteiger partial charge in [0.15, 0.2) is 6.10 Å². The normalized spacial score (nSPS) is 11.8. The molecule has 0 saturated carbocycles. The van der Waals surface area contributed by atoms with Crippen LogP contribution < -0.4 is 10.9 Å². The Morgan fingerprint density at radius 3 is 2.68 bits per heavy atom. The molecule has 8 heteroatoms. The Morgan fingerprint density at radius 1 is 1.47 bits per heavy atom. The van der Waals surface area contributed by atoms with Crippen LogP contribution in [0, 0.1) is 13.8 Å². The van der Waals surface area contributed by atoms with Crippen LogP contribution in [0.5, 0.6) is 0 Å². The van der Waals surface area contributed by atoms with E-state index in [4.69, 9.17) is 0 Å². The summed E-state index contributed by atoms with van der Waals surface area (Å²) in [5.74, 6) is -1.55. The summed E-state index contributed by atoms with van der Waals surface area (Å²) in [6.45, 7) is 2.89. The molecule has 1 atom stereocenters. The molecule has 0 spiro atoms. The summed E-state index contributed by atoms with van der Waals surface area (Å²) in [4.78, 5) is 34.3. The fourth-order valence-corrected chi connectivity index (χ4v) is 1.40. The Balaban J connectivity index is 2.83. The summed E-state index contributed by atoms with van der Waals surface area (Å²) in [5, 5.41) is 17.5. The molecule has 0 aliphatic rings. The van der Waals surface area contributed by atoms with E-state index in [2.05, 4.69) is 20.3 Å². The Bertz CT molecular complexity index is 552. The van der Waals surface area contributed by atoms with Gasteiger partial charge < -0.3 is 15.2 Å². The SMILES string of the molecule is COC(=O)C(O)CNC(=O)c1c(C)c(C)n[nH]c1=O. The molecule has 19 heavy (non-hydrogen) atoms. The monoisotopic (exact) mass is 269 g/mol. The van der Waals surface area contributed by atoms with Crippen molar-refractivity contribution in [3.05, 3.63) is 27.2 Å². The highest BCUT2D eigenvalue weighted by atomic mass is 16.5. The minimum atomic E-state index is -1.48. The van der Waals surface area contributed by atoms with E-state index < -0.39 is 23.5 Å². The smallest absolute Gasteiger partial charge is 0.336 e. The number of methoxy groups -OCH3 is 1. The number of carbonyl (C=O) groups is 2. The lowest BCUT2D eigenvalue weighted by molar-refractivity contribution is -0.149. The van der Waals surface area contributed by atoms with Gasteiger partial charge in [0.2, 0.25) is 0 Å². The number of amides is 1. The van der Waals surface area contributed by atoms with Crippen LogP contribution in [0.15, 0.2) is 4.79 Å². The minimum Gasteiger partial charge on any atom is -0.467 e. The van der Waals surface area contributed by atoms with Gasteiger partial charge in [-0.1, -0.05) is 0 Å². The second-order valence-corrected chi connectivity index (χ2v) is 3.89. The number of nitrogens with zero attached hydrogens (tertiary/aromatic N) is 1. The van der Waals surface area contributed by atoms with Crippen molar-refractivity contribution in [1.82, 2.24) is 15.5 Å². The number of aromatic amines is 1. The van der Waals surface area contributed by atoms with Crippen LogP contribution in [-0.4, -0.2) is 46.9 Å². The van der Waals surface area contributed by atoms with Gasteiger partial charge in [-0.15, -0.1) is 0 Å². The van der Waals surface area contributed by atoms with Crippen LogP contribution in [-0.2, 0) is 9.53 Å². The van der Waals surface area contributed by atoms with Crippen LogP contribution in [0.2, 0.25) is 0 Å². The third-order valence-electron chi connectivity index (χ3n) is 2.63. The first kappa shape index (κ1) is 14.8. The van der Waals surface area contributed by atoms with Gasteiger partial charge in [-0.3, -0.25) is 9.59 Å². The number of hydrogen-bond acceptors (Lipinski definition) is 6. The van der Waals surface area contributed by atoms with E-state index in [1.165, 1.54) is 0 Å². The van der Waals surface area contributed by atoms with Crippen molar-refractivity contribution in [2.24, 2.45) is 0 Å². The zero-order chi connectivity index (χ0) is 14.6. The Hall–Kier alpha value is -2.22. The van der Waals surface area contributed by atoms with E-state index in [9.17, 15) is 19.5 Å². The number of carbonyl (C=O) groups excluding carboxylic acids is 2. The Labute approximate surface area is 108 Å². The molecule has 3 N–H and O–H groups in total.